The number of amides is 3. The lowest BCUT2D eigenvalue weighted by molar-refractivity contribution is -0.154. The highest BCUT2D eigenvalue weighted by Gasteiger charge is 2.66. The molecule has 3 aliphatic rings. The summed E-state index contributed by atoms with van der Waals surface area (Å²) in [5.41, 5.74) is 0.380. The number of fused-ring (bicyclic) bond motifs is 5. The molecule has 1 saturated heterocycles. The highest BCUT2D eigenvalue weighted by atomic mass is 35.5. The number of likely N-dealkylation sites (tertiary alicyclic amines) is 1. The first-order chi connectivity index (χ1) is 14.2. The van der Waals surface area contributed by atoms with Gasteiger partial charge < -0.3 is 10.1 Å². The van der Waals surface area contributed by atoms with Gasteiger partial charge in [-0.15, -0.1) is 23.2 Å². The molecular formula is C19H16Cl4N2O5. The van der Waals surface area contributed by atoms with E-state index in [1.165, 1.54) is 18.2 Å². The van der Waals surface area contributed by atoms with Crippen LogP contribution in [-0.2, 0) is 23.9 Å². The van der Waals surface area contributed by atoms with Gasteiger partial charge in [0.05, 0.1) is 32.6 Å². The van der Waals surface area contributed by atoms with E-state index in [4.69, 9.17) is 51.1 Å². The minimum atomic E-state index is -0.863. The fraction of sp³-hybridized carbons (Fsp3) is 0.474. The third kappa shape index (κ3) is 3.66. The van der Waals surface area contributed by atoms with E-state index in [-0.39, 0.29) is 27.6 Å². The van der Waals surface area contributed by atoms with Crippen LogP contribution in [0, 0.1) is 23.7 Å². The van der Waals surface area contributed by atoms with Gasteiger partial charge in [-0.1, -0.05) is 23.2 Å². The molecule has 3 amide bonds. The van der Waals surface area contributed by atoms with Gasteiger partial charge in [0.2, 0.25) is 11.8 Å². The van der Waals surface area contributed by atoms with Crippen molar-refractivity contribution in [3.63, 3.8) is 0 Å². The first kappa shape index (κ1) is 21.7. The van der Waals surface area contributed by atoms with E-state index in [0.717, 1.165) is 4.90 Å². The van der Waals surface area contributed by atoms with Crippen LogP contribution in [0.25, 0.3) is 0 Å². The average molecular weight is 494 g/mol. The van der Waals surface area contributed by atoms with Crippen molar-refractivity contribution in [2.75, 3.05) is 18.5 Å². The quantitative estimate of drug-likeness (QED) is 0.386. The summed E-state index contributed by atoms with van der Waals surface area (Å²) >= 11 is 24.3. The zero-order chi connectivity index (χ0) is 21.7. The maximum Gasteiger partial charge on any atom is 0.326 e. The lowest BCUT2D eigenvalue weighted by Crippen LogP contribution is -2.38. The van der Waals surface area contributed by atoms with E-state index in [1.54, 1.807) is 0 Å². The molecule has 11 heteroatoms. The normalized spacial score (nSPS) is 31.8. The van der Waals surface area contributed by atoms with Crippen LogP contribution < -0.4 is 5.32 Å². The molecule has 0 unspecified atom stereocenters. The molecule has 7 nitrogen and oxygen atoms in total. The van der Waals surface area contributed by atoms with Crippen LogP contribution in [0.2, 0.25) is 10.0 Å². The topological polar surface area (TPSA) is 92.8 Å². The number of nitrogens with one attached hydrogen (secondary N) is 1. The van der Waals surface area contributed by atoms with Gasteiger partial charge in [0.1, 0.15) is 6.54 Å². The molecule has 0 spiro atoms. The summed E-state index contributed by atoms with van der Waals surface area (Å²) < 4.78 is 4.91. The van der Waals surface area contributed by atoms with Crippen LogP contribution in [0.15, 0.2) is 18.2 Å². The van der Waals surface area contributed by atoms with Crippen LogP contribution >= 0.6 is 46.4 Å². The molecule has 1 heterocycles. The number of hydrogen-bond acceptors (Lipinski definition) is 5. The van der Waals surface area contributed by atoms with Crippen molar-refractivity contribution in [1.29, 1.82) is 0 Å². The second-order valence-electron chi connectivity index (χ2n) is 7.60. The van der Waals surface area contributed by atoms with Crippen LogP contribution in [0.3, 0.4) is 0 Å². The molecule has 1 aliphatic heterocycles. The summed E-state index contributed by atoms with van der Waals surface area (Å²) in [6, 6.07) is 4.50. The molecule has 4 rings (SSSR count). The van der Waals surface area contributed by atoms with E-state index in [0.29, 0.717) is 17.1 Å². The maximum absolute atomic E-state index is 12.7. The minimum absolute atomic E-state index is 0.168. The van der Waals surface area contributed by atoms with Gasteiger partial charge in [-0.3, -0.25) is 24.1 Å². The van der Waals surface area contributed by atoms with Crippen LogP contribution in [0.5, 0.6) is 0 Å². The number of carbonyl (C=O) groups is 4. The molecule has 0 aromatic heterocycles. The Labute approximate surface area is 191 Å². The van der Waals surface area contributed by atoms with Crippen molar-refractivity contribution in [2.24, 2.45) is 23.7 Å². The highest BCUT2D eigenvalue weighted by Crippen LogP contribution is 2.59. The Kier molecular flexibility index (Phi) is 5.92. The zero-order valence-electron chi connectivity index (χ0n) is 15.3. The van der Waals surface area contributed by atoms with Crippen molar-refractivity contribution in [1.82, 2.24) is 4.90 Å². The molecule has 2 saturated carbocycles. The number of rotatable bonds is 5. The Morgan fingerprint density at radius 1 is 1.03 bits per heavy atom. The SMILES string of the molecule is O=C(COC(=O)CN1C(=O)[C@@H]2[C@H]3C[C@@H]([C@H](Cl)[C@@H]3Cl)[C@@H]2C1=O)Nc1ccc(Cl)c(Cl)c1. The standard InChI is InChI=1S/C19H16Cl4N2O5/c20-10-2-1-7(3-11(10)21)24-12(26)6-30-13(27)5-25-18(28)14-8-4-9(15(14)19(25)29)17(23)16(8)22/h1-3,8-9,14-17H,4-6H2,(H,24,26)/t8-,9-,14-,15+,16-,17+/m1/s1. The molecular weight excluding hydrogens is 478 g/mol. The molecule has 160 valence electrons. The monoisotopic (exact) mass is 492 g/mol. The van der Waals surface area contributed by atoms with Crippen LogP contribution in [-0.4, -0.2) is 52.5 Å². The van der Waals surface area contributed by atoms with E-state index >= 15 is 0 Å². The smallest absolute Gasteiger partial charge is 0.326 e. The summed E-state index contributed by atoms with van der Waals surface area (Å²) in [6.45, 7) is -1.13. The van der Waals surface area contributed by atoms with E-state index in [2.05, 4.69) is 5.32 Å². The molecule has 1 aromatic rings. The Morgan fingerprint density at radius 2 is 1.63 bits per heavy atom. The Balaban J connectivity index is 1.31. The van der Waals surface area contributed by atoms with Gasteiger partial charge in [-0.25, -0.2) is 0 Å². The van der Waals surface area contributed by atoms with Gasteiger partial charge in [0, 0.05) is 5.69 Å². The molecule has 1 aromatic carbocycles. The van der Waals surface area contributed by atoms with Crippen molar-refractivity contribution in [3.8, 4) is 0 Å². The molecule has 30 heavy (non-hydrogen) atoms. The summed E-state index contributed by atoms with van der Waals surface area (Å²) in [6.07, 6.45) is 0.641. The lowest BCUT2D eigenvalue weighted by Gasteiger charge is -2.28. The van der Waals surface area contributed by atoms with Gasteiger partial charge in [-0.2, -0.15) is 0 Å². The number of ether oxygens (including phenoxy) is 1. The molecule has 1 N–H and O–H groups in total. The number of halogens is 4. The maximum atomic E-state index is 12.7. The van der Waals surface area contributed by atoms with Crippen molar-refractivity contribution < 1.29 is 23.9 Å². The fourth-order valence-corrected chi connectivity index (χ4v) is 5.85. The predicted octanol–water partition coefficient (Wildman–Crippen LogP) is 2.94. The Hall–Kier alpha value is -1.54. The zero-order valence-corrected chi connectivity index (χ0v) is 18.3. The Morgan fingerprint density at radius 3 is 2.20 bits per heavy atom. The summed E-state index contributed by atoms with van der Waals surface area (Å²) in [4.78, 5) is 50.4. The molecule has 2 aliphatic carbocycles. The molecule has 6 atom stereocenters. The fourth-order valence-electron chi connectivity index (χ4n) is 4.66. The van der Waals surface area contributed by atoms with E-state index in [1.807, 2.05) is 0 Å². The third-order valence-corrected chi connectivity index (χ3v) is 7.99. The van der Waals surface area contributed by atoms with Crippen molar-refractivity contribution in [3.05, 3.63) is 28.2 Å². The number of benzene rings is 1. The second kappa shape index (κ2) is 8.19. The Bertz CT molecular complexity index is 909. The summed E-state index contributed by atoms with van der Waals surface area (Å²) in [7, 11) is 0. The molecule has 0 radical (unpaired) electrons. The minimum Gasteiger partial charge on any atom is -0.454 e. The lowest BCUT2D eigenvalue weighted by atomic mass is 9.80. The predicted molar refractivity (Wildman–Crippen MR) is 111 cm³/mol. The van der Waals surface area contributed by atoms with E-state index in [9.17, 15) is 19.2 Å². The first-order valence-corrected chi connectivity index (χ1v) is 10.9. The van der Waals surface area contributed by atoms with Crippen LogP contribution in [0.4, 0.5) is 5.69 Å². The summed E-state index contributed by atoms with van der Waals surface area (Å²) in [5, 5.41) is 2.36. The number of imide groups is 1. The molecule has 2 bridgehead atoms. The number of nitrogens with zero attached hydrogens (tertiary/aromatic N) is 1. The highest BCUT2D eigenvalue weighted by molar-refractivity contribution is 6.42. The van der Waals surface area contributed by atoms with E-state index < -0.39 is 48.7 Å². The van der Waals surface area contributed by atoms with Gasteiger partial charge in [-0.05, 0) is 36.5 Å². The van der Waals surface area contributed by atoms with Gasteiger partial charge in [0.15, 0.2) is 6.61 Å². The number of anilines is 1. The van der Waals surface area contributed by atoms with Gasteiger partial charge in [0.25, 0.3) is 5.91 Å². The third-order valence-electron chi connectivity index (χ3n) is 5.93. The van der Waals surface area contributed by atoms with Crippen molar-refractivity contribution >= 4 is 75.8 Å². The van der Waals surface area contributed by atoms with Gasteiger partial charge >= 0.3 is 5.97 Å². The number of esters is 1. The van der Waals surface area contributed by atoms with Crippen molar-refractivity contribution in [2.45, 2.75) is 17.2 Å². The molecule has 3 fully saturated rings. The summed E-state index contributed by atoms with van der Waals surface area (Å²) in [5.74, 6) is -3.73. The number of carbonyl (C=O) groups excluding carboxylic acids is 4. The average Bonchev–Trinajstić information content (AvgIpc) is 3.30. The second-order valence-corrected chi connectivity index (χ2v) is 9.43. The first-order valence-electron chi connectivity index (χ1n) is 9.23. The largest absolute Gasteiger partial charge is 0.454 e. The van der Waals surface area contributed by atoms with Crippen LogP contribution in [0.1, 0.15) is 6.42 Å². The number of hydrogen-bond donors (Lipinski definition) is 1. The number of alkyl halides is 2.